The molecule has 0 unspecified atom stereocenters. The normalized spacial score (nSPS) is 11.8. The minimum atomic E-state index is -0.751. The number of halogens is 2. The quantitative estimate of drug-likeness (QED) is 0.860. The number of esters is 1. The Morgan fingerprint density at radius 2 is 2.04 bits per heavy atom. The highest BCUT2D eigenvalue weighted by Crippen LogP contribution is 2.17. The maximum atomic E-state index is 13.6. The fraction of sp³-hybridized carbons (Fsp3) is 0.250. The van der Waals surface area contributed by atoms with Crippen molar-refractivity contribution < 1.29 is 23.1 Å². The first-order valence-electron chi connectivity index (χ1n) is 6.91. The molecule has 0 spiro atoms. The molecule has 0 radical (unpaired) electrons. The van der Waals surface area contributed by atoms with Crippen LogP contribution in [0.15, 0.2) is 36.5 Å². The second-order valence-corrected chi connectivity index (χ2v) is 5.04. The van der Waals surface area contributed by atoms with Gasteiger partial charge in [-0.2, -0.15) is 0 Å². The van der Waals surface area contributed by atoms with Crippen molar-refractivity contribution in [1.29, 1.82) is 0 Å². The van der Waals surface area contributed by atoms with Crippen LogP contribution in [-0.2, 0) is 16.6 Å². The van der Waals surface area contributed by atoms with Gasteiger partial charge >= 0.3 is 5.97 Å². The lowest BCUT2D eigenvalue weighted by atomic mass is 10.1. The highest BCUT2D eigenvalue weighted by Gasteiger charge is 2.16. The number of carbonyl (C=O) groups excluding carboxylic acids is 2. The smallest absolute Gasteiger partial charge is 0.355 e. The van der Waals surface area contributed by atoms with Gasteiger partial charge in [-0.3, -0.25) is 4.79 Å². The summed E-state index contributed by atoms with van der Waals surface area (Å²) in [6, 6.07) is 5.67. The monoisotopic (exact) mass is 322 g/mol. The molecule has 1 aromatic heterocycles. The van der Waals surface area contributed by atoms with E-state index in [1.807, 2.05) is 0 Å². The molecule has 1 heterocycles. The number of nitrogens with zero attached hydrogens (tertiary/aromatic N) is 1. The fourth-order valence-corrected chi connectivity index (χ4v) is 2.09. The molecular weight excluding hydrogens is 306 g/mol. The third-order valence-corrected chi connectivity index (χ3v) is 3.29. The average Bonchev–Trinajstić information content (AvgIpc) is 2.90. The standard InChI is InChI=1S/C16H16F2N2O3/c1-10(12-6-5-11(17)8-13(12)18)19-15(21)9-23-16(22)14-4-3-7-20(14)2/h3-8,10H,9H2,1-2H3,(H,19,21)/t10-/m1/s1. The third kappa shape index (κ3) is 4.15. The van der Waals surface area contributed by atoms with Gasteiger partial charge in [-0.25, -0.2) is 13.6 Å². The van der Waals surface area contributed by atoms with E-state index >= 15 is 0 Å². The second-order valence-electron chi connectivity index (χ2n) is 5.04. The topological polar surface area (TPSA) is 60.3 Å². The predicted molar refractivity (Wildman–Crippen MR) is 78.6 cm³/mol. The molecule has 122 valence electrons. The van der Waals surface area contributed by atoms with E-state index in [0.29, 0.717) is 5.69 Å². The maximum Gasteiger partial charge on any atom is 0.355 e. The van der Waals surface area contributed by atoms with Gasteiger partial charge in [0.05, 0.1) is 6.04 Å². The lowest BCUT2D eigenvalue weighted by molar-refractivity contribution is -0.124. The molecule has 0 saturated carbocycles. The van der Waals surface area contributed by atoms with Crippen LogP contribution in [0.2, 0.25) is 0 Å². The molecule has 0 aliphatic carbocycles. The van der Waals surface area contributed by atoms with E-state index in [2.05, 4.69) is 5.32 Å². The molecule has 0 saturated heterocycles. The Morgan fingerprint density at radius 1 is 1.30 bits per heavy atom. The zero-order chi connectivity index (χ0) is 17.0. The first kappa shape index (κ1) is 16.7. The minimum absolute atomic E-state index is 0.147. The lowest BCUT2D eigenvalue weighted by Gasteiger charge is -2.15. The number of carbonyl (C=O) groups is 2. The van der Waals surface area contributed by atoms with Crippen LogP contribution in [-0.4, -0.2) is 23.1 Å². The van der Waals surface area contributed by atoms with Crippen molar-refractivity contribution in [1.82, 2.24) is 9.88 Å². The lowest BCUT2D eigenvalue weighted by Crippen LogP contribution is -2.31. The van der Waals surface area contributed by atoms with E-state index < -0.39 is 36.2 Å². The summed E-state index contributed by atoms with van der Waals surface area (Å²) in [7, 11) is 1.68. The Bertz CT molecular complexity index is 728. The Balaban J connectivity index is 1.89. The van der Waals surface area contributed by atoms with Gasteiger partial charge in [-0.1, -0.05) is 6.07 Å². The molecular formula is C16H16F2N2O3. The summed E-state index contributed by atoms with van der Waals surface area (Å²) >= 11 is 0. The minimum Gasteiger partial charge on any atom is -0.451 e. The van der Waals surface area contributed by atoms with Gasteiger partial charge in [0.25, 0.3) is 5.91 Å². The highest BCUT2D eigenvalue weighted by atomic mass is 19.1. The molecule has 7 heteroatoms. The number of aryl methyl sites for hydroxylation is 1. The number of ether oxygens (including phenoxy) is 1. The summed E-state index contributed by atoms with van der Waals surface area (Å²) in [6.45, 7) is 1.06. The number of hydrogen-bond acceptors (Lipinski definition) is 3. The Kier molecular flexibility index (Phi) is 5.10. The summed E-state index contributed by atoms with van der Waals surface area (Å²) in [5, 5.41) is 2.49. The number of hydrogen-bond donors (Lipinski definition) is 1. The molecule has 5 nitrogen and oxygen atoms in total. The Labute approximate surface area is 131 Å². The number of rotatable bonds is 5. The molecule has 0 bridgehead atoms. The van der Waals surface area contributed by atoms with Gasteiger partial charge in [0.15, 0.2) is 6.61 Å². The molecule has 2 aromatic rings. The summed E-state index contributed by atoms with van der Waals surface area (Å²) < 4.78 is 32.9. The molecule has 0 fully saturated rings. The van der Waals surface area contributed by atoms with Crippen molar-refractivity contribution in [3.8, 4) is 0 Å². The van der Waals surface area contributed by atoms with Crippen molar-refractivity contribution in [2.45, 2.75) is 13.0 Å². The van der Waals surface area contributed by atoms with E-state index in [0.717, 1.165) is 12.1 Å². The zero-order valence-electron chi connectivity index (χ0n) is 12.7. The van der Waals surface area contributed by atoms with Crippen LogP contribution in [0.5, 0.6) is 0 Å². The number of nitrogens with one attached hydrogen (secondary N) is 1. The number of aromatic nitrogens is 1. The van der Waals surface area contributed by atoms with E-state index in [-0.39, 0.29) is 5.56 Å². The summed E-state index contributed by atoms with van der Waals surface area (Å²) in [4.78, 5) is 23.5. The van der Waals surface area contributed by atoms with Crippen molar-refractivity contribution in [2.75, 3.05) is 6.61 Å². The van der Waals surface area contributed by atoms with Gasteiger partial charge in [0, 0.05) is 24.9 Å². The summed E-state index contributed by atoms with van der Waals surface area (Å²) in [6.07, 6.45) is 1.68. The molecule has 23 heavy (non-hydrogen) atoms. The van der Waals surface area contributed by atoms with Crippen LogP contribution in [0.4, 0.5) is 8.78 Å². The molecule has 1 aromatic carbocycles. The van der Waals surface area contributed by atoms with Crippen molar-refractivity contribution in [3.05, 3.63) is 59.4 Å². The molecule has 1 N–H and O–H groups in total. The maximum absolute atomic E-state index is 13.6. The molecule has 1 atom stereocenters. The Hall–Kier alpha value is -2.70. The van der Waals surface area contributed by atoms with E-state index in [1.54, 1.807) is 36.9 Å². The Morgan fingerprint density at radius 3 is 2.65 bits per heavy atom. The fourth-order valence-electron chi connectivity index (χ4n) is 2.09. The zero-order valence-corrected chi connectivity index (χ0v) is 12.7. The molecule has 2 rings (SSSR count). The highest BCUT2D eigenvalue weighted by molar-refractivity contribution is 5.90. The largest absolute Gasteiger partial charge is 0.451 e. The van der Waals surface area contributed by atoms with Crippen LogP contribution in [0.25, 0.3) is 0 Å². The van der Waals surface area contributed by atoms with Crippen LogP contribution in [0.3, 0.4) is 0 Å². The first-order chi connectivity index (χ1) is 10.9. The molecule has 0 aliphatic heterocycles. The van der Waals surface area contributed by atoms with Gasteiger partial charge in [-0.05, 0) is 25.1 Å². The summed E-state index contributed by atoms with van der Waals surface area (Å²) in [5.74, 6) is -2.66. The number of benzene rings is 1. The SMILES string of the molecule is C[C@@H](NC(=O)COC(=O)c1cccn1C)c1ccc(F)cc1F. The summed E-state index contributed by atoms with van der Waals surface area (Å²) in [5.41, 5.74) is 0.462. The second kappa shape index (κ2) is 7.04. The van der Waals surface area contributed by atoms with Gasteiger partial charge in [-0.15, -0.1) is 0 Å². The first-order valence-corrected chi connectivity index (χ1v) is 6.91. The van der Waals surface area contributed by atoms with Crippen LogP contribution >= 0.6 is 0 Å². The third-order valence-electron chi connectivity index (χ3n) is 3.29. The van der Waals surface area contributed by atoms with Crippen LogP contribution in [0.1, 0.15) is 29.0 Å². The number of amides is 1. The average molecular weight is 322 g/mol. The molecule has 0 aliphatic rings. The van der Waals surface area contributed by atoms with Crippen molar-refractivity contribution in [3.63, 3.8) is 0 Å². The van der Waals surface area contributed by atoms with Gasteiger partial charge in [0.1, 0.15) is 17.3 Å². The van der Waals surface area contributed by atoms with Crippen molar-refractivity contribution in [2.24, 2.45) is 7.05 Å². The van der Waals surface area contributed by atoms with E-state index in [1.165, 1.54) is 6.07 Å². The van der Waals surface area contributed by atoms with Crippen LogP contribution in [0, 0.1) is 11.6 Å². The molecule has 1 amide bonds. The predicted octanol–water partition coefficient (Wildman–Crippen LogP) is 2.34. The van der Waals surface area contributed by atoms with E-state index in [4.69, 9.17) is 4.74 Å². The van der Waals surface area contributed by atoms with Gasteiger partial charge < -0.3 is 14.6 Å². The van der Waals surface area contributed by atoms with E-state index in [9.17, 15) is 18.4 Å². The van der Waals surface area contributed by atoms with Crippen molar-refractivity contribution >= 4 is 11.9 Å². The van der Waals surface area contributed by atoms with Crippen LogP contribution < -0.4 is 5.32 Å². The van der Waals surface area contributed by atoms with Gasteiger partial charge in [0.2, 0.25) is 0 Å².